The van der Waals surface area contributed by atoms with Crippen LogP contribution in [0.5, 0.6) is 0 Å². The van der Waals surface area contributed by atoms with Gasteiger partial charge in [-0.25, -0.2) is 4.39 Å². The van der Waals surface area contributed by atoms with Crippen LogP contribution in [0.3, 0.4) is 0 Å². The smallest absolute Gasteiger partial charge is 0.229 e. The lowest BCUT2D eigenvalue weighted by Gasteiger charge is -2.29. The molecule has 0 spiro atoms. The molecule has 0 radical (unpaired) electrons. The van der Waals surface area contributed by atoms with E-state index in [0.717, 1.165) is 30.5 Å². The van der Waals surface area contributed by atoms with Gasteiger partial charge >= 0.3 is 0 Å². The highest BCUT2D eigenvalue weighted by molar-refractivity contribution is 5.43. The van der Waals surface area contributed by atoms with E-state index in [1.807, 2.05) is 6.92 Å². The molecule has 2 aromatic heterocycles. The Balaban J connectivity index is 1.43. The lowest BCUT2D eigenvalue weighted by molar-refractivity contribution is 0.122. The van der Waals surface area contributed by atoms with E-state index in [1.54, 1.807) is 7.11 Å². The SMILES string of the molecule is COCCNc1nc(NCc2cn(C3CC3)nc2C)nc(NCC2(F)CCCCC2)n1. The molecule has 9 nitrogen and oxygen atoms in total. The van der Waals surface area contributed by atoms with Crippen LogP contribution in [0, 0.1) is 6.92 Å². The van der Waals surface area contributed by atoms with E-state index in [2.05, 4.69) is 46.9 Å². The first-order valence-corrected chi connectivity index (χ1v) is 11.2. The summed E-state index contributed by atoms with van der Waals surface area (Å²) in [5.74, 6) is 1.23. The first-order valence-electron chi connectivity index (χ1n) is 11.2. The number of rotatable bonds is 11. The molecule has 0 atom stereocenters. The average molecular weight is 433 g/mol. The summed E-state index contributed by atoms with van der Waals surface area (Å²) in [6.45, 7) is 3.89. The highest BCUT2D eigenvalue weighted by Crippen LogP contribution is 2.34. The summed E-state index contributed by atoms with van der Waals surface area (Å²) < 4.78 is 22.1. The zero-order chi connectivity index (χ0) is 21.7. The number of anilines is 3. The summed E-state index contributed by atoms with van der Waals surface area (Å²) in [5.41, 5.74) is 0.916. The normalized spacial score (nSPS) is 18.0. The fourth-order valence-electron chi connectivity index (χ4n) is 3.87. The van der Waals surface area contributed by atoms with Crippen molar-refractivity contribution >= 4 is 17.8 Å². The van der Waals surface area contributed by atoms with Crippen LogP contribution < -0.4 is 16.0 Å². The standard InChI is InChI=1S/C21H33FN8O/c1-15-16(13-30(29-15)17-6-7-17)12-24-19-26-18(23-10-11-31-2)27-20(28-19)25-14-21(22)8-4-3-5-9-21/h13,17H,3-12,14H2,1-2H3,(H3,23,24,25,26,27,28). The minimum absolute atomic E-state index is 0.210. The van der Waals surface area contributed by atoms with Crippen molar-refractivity contribution < 1.29 is 9.13 Å². The molecule has 0 unspecified atom stereocenters. The Morgan fingerprint density at radius 2 is 1.74 bits per heavy atom. The summed E-state index contributed by atoms with van der Waals surface area (Å²) in [7, 11) is 1.64. The fraction of sp³-hybridized carbons (Fsp3) is 0.714. The third-order valence-corrected chi connectivity index (χ3v) is 5.91. The molecule has 170 valence electrons. The van der Waals surface area contributed by atoms with Crippen molar-refractivity contribution in [2.75, 3.05) is 42.8 Å². The maximum Gasteiger partial charge on any atom is 0.229 e. The maximum absolute atomic E-state index is 15.0. The largest absolute Gasteiger partial charge is 0.383 e. The van der Waals surface area contributed by atoms with E-state index in [0.29, 0.717) is 56.4 Å². The van der Waals surface area contributed by atoms with E-state index in [1.165, 1.54) is 12.8 Å². The van der Waals surface area contributed by atoms with Gasteiger partial charge in [-0.2, -0.15) is 20.1 Å². The van der Waals surface area contributed by atoms with Crippen LogP contribution in [0.2, 0.25) is 0 Å². The monoisotopic (exact) mass is 432 g/mol. The molecule has 2 aliphatic carbocycles. The number of hydrogen-bond acceptors (Lipinski definition) is 8. The minimum atomic E-state index is -1.20. The van der Waals surface area contributed by atoms with Gasteiger partial charge in [0.05, 0.1) is 24.9 Å². The number of ether oxygens (including phenoxy) is 1. The Morgan fingerprint density at radius 3 is 2.42 bits per heavy atom. The van der Waals surface area contributed by atoms with Crippen molar-refractivity contribution in [3.63, 3.8) is 0 Å². The second kappa shape index (κ2) is 9.76. The second-order valence-electron chi connectivity index (χ2n) is 8.60. The van der Waals surface area contributed by atoms with Gasteiger partial charge in [-0.1, -0.05) is 19.3 Å². The highest BCUT2D eigenvalue weighted by atomic mass is 19.1. The molecular formula is C21H33FN8O. The molecule has 2 fully saturated rings. The molecular weight excluding hydrogens is 399 g/mol. The third kappa shape index (κ3) is 6.03. The van der Waals surface area contributed by atoms with Gasteiger partial charge in [0, 0.05) is 32.0 Å². The summed E-state index contributed by atoms with van der Waals surface area (Å²) in [6.07, 6.45) is 8.62. The fourth-order valence-corrected chi connectivity index (χ4v) is 3.87. The van der Waals surface area contributed by atoms with Gasteiger partial charge in [0.2, 0.25) is 17.8 Å². The van der Waals surface area contributed by atoms with Gasteiger partial charge in [-0.15, -0.1) is 0 Å². The molecule has 2 heterocycles. The number of alkyl halides is 1. The first-order chi connectivity index (χ1) is 15.0. The van der Waals surface area contributed by atoms with E-state index < -0.39 is 5.67 Å². The average Bonchev–Trinajstić information content (AvgIpc) is 3.55. The van der Waals surface area contributed by atoms with Crippen molar-refractivity contribution in [1.29, 1.82) is 0 Å². The first kappa shape index (κ1) is 21.7. The lowest BCUT2D eigenvalue weighted by Crippen LogP contribution is -2.34. The van der Waals surface area contributed by atoms with Crippen molar-refractivity contribution in [2.45, 2.75) is 70.1 Å². The van der Waals surface area contributed by atoms with Crippen LogP contribution in [0.1, 0.15) is 62.2 Å². The van der Waals surface area contributed by atoms with Gasteiger partial charge in [0.15, 0.2) is 0 Å². The third-order valence-electron chi connectivity index (χ3n) is 5.91. The predicted molar refractivity (Wildman–Crippen MR) is 118 cm³/mol. The molecule has 2 saturated carbocycles. The number of hydrogen-bond donors (Lipinski definition) is 3. The lowest BCUT2D eigenvalue weighted by atomic mass is 9.86. The highest BCUT2D eigenvalue weighted by Gasteiger charge is 2.31. The molecule has 2 aliphatic rings. The molecule has 2 aromatic rings. The van der Waals surface area contributed by atoms with Crippen LogP contribution in [0.15, 0.2) is 6.20 Å². The Morgan fingerprint density at radius 1 is 1.06 bits per heavy atom. The molecule has 0 aromatic carbocycles. The molecule has 31 heavy (non-hydrogen) atoms. The molecule has 0 bridgehead atoms. The second-order valence-corrected chi connectivity index (χ2v) is 8.60. The van der Waals surface area contributed by atoms with E-state index in [9.17, 15) is 0 Å². The quantitative estimate of drug-likeness (QED) is 0.464. The van der Waals surface area contributed by atoms with Gasteiger partial charge < -0.3 is 20.7 Å². The van der Waals surface area contributed by atoms with Crippen LogP contribution in [-0.2, 0) is 11.3 Å². The van der Waals surface area contributed by atoms with Crippen LogP contribution in [-0.4, -0.2) is 57.2 Å². The van der Waals surface area contributed by atoms with Crippen molar-refractivity contribution in [1.82, 2.24) is 24.7 Å². The zero-order valence-corrected chi connectivity index (χ0v) is 18.5. The van der Waals surface area contributed by atoms with E-state index in [-0.39, 0.29) is 6.54 Å². The van der Waals surface area contributed by atoms with Gasteiger partial charge in [0.25, 0.3) is 0 Å². The van der Waals surface area contributed by atoms with E-state index >= 15 is 4.39 Å². The maximum atomic E-state index is 15.0. The van der Waals surface area contributed by atoms with E-state index in [4.69, 9.17) is 4.74 Å². The van der Waals surface area contributed by atoms with Crippen LogP contribution >= 0.6 is 0 Å². The molecule has 0 aliphatic heterocycles. The van der Waals surface area contributed by atoms with Crippen molar-refractivity contribution in [3.05, 3.63) is 17.5 Å². The Labute approximate surface area is 182 Å². The summed E-state index contributed by atoms with van der Waals surface area (Å²) in [6, 6.07) is 0.546. The number of aromatic nitrogens is 5. The number of aryl methyl sites for hydroxylation is 1. The number of methoxy groups -OCH3 is 1. The zero-order valence-electron chi connectivity index (χ0n) is 18.5. The van der Waals surface area contributed by atoms with Crippen molar-refractivity contribution in [2.24, 2.45) is 0 Å². The molecule has 4 rings (SSSR count). The summed E-state index contributed by atoms with van der Waals surface area (Å²) in [4.78, 5) is 13.3. The molecule has 10 heteroatoms. The van der Waals surface area contributed by atoms with Gasteiger partial charge in [0.1, 0.15) is 5.67 Å². The minimum Gasteiger partial charge on any atom is -0.383 e. The Hall–Kier alpha value is -2.49. The number of nitrogens with zero attached hydrogens (tertiary/aromatic N) is 5. The predicted octanol–water partition coefficient (Wildman–Crippen LogP) is 3.47. The van der Waals surface area contributed by atoms with Crippen molar-refractivity contribution in [3.8, 4) is 0 Å². The summed E-state index contributed by atoms with van der Waals surface area (Å²) >= 11 is 0. The molecule has 0 amide bonds. The van der Waals surface area contributed by atoms with Gasteiger partial charge in [-0.05, 0) is 32.6 Å². The Bertz CT molecular complexity index is 863. The number of halogens is 1. The number of nitrogens with one attached hydrogen (secondary N) is 3. The Kier molecular flexibility index (Phi) is 6.84. The topological polar surface area (TPSA) is 102 Å². The van der Waals surface area contributed by atoms with Crippen LogP contribution in [0.25, 0.3) is 0 Å². The summed E-state index contributed by atoms with van der Waals surface area (Å²) in [5, 5.41) is 14.1. The van der Waals surface area contributed by atoms with Crippen LogP contribution in [0.4, 0.5) is 22.2 Å². The van der Waals surface area contributed by atoms with Gasteiger partial charge in [-0.3, -0.25) is 4.68 Å². The molecule has 3 N–H and O–H groups in total. The molecule has 0 saturated heterocycles.